The maximum atomic E-state index is 12.1. The van der Waals surface area contributed by atoms with Crippen molar-refractivity contribution in [1.82, 2.24) is 14.2 Å². The second kappa shape index (κ2) is 5.35. The Hall–Kier alpha value is -1.62. The van der Waals surface area contributed by atoms with Crippen molar-refractivity contribution in [3.05, 3.63) is 34.5 Å². The van der Waals surface area contributed by atoms with Gasteiger partial charge in [-0.2, -0.15) is 5.10 Å². The Morgan fingerprint density at radius 1 is 1.44 bits per heavy atom. The van der Waals surface area contributed by atoms with E-state index in [0.717, 1.165) is 25.0 Å². The van der Waals surface area contributed by atoms with Gasteiger partial charge in [-0.1, -0.05) is 6.92 Å². The highest BCUT2D eigenvalue weighted by Crippen LogP contribution is 2.04. The summed E-state index contributed by atoms with van der Waals surface area (Å²) >= 11 is 0. The molecule has 0 radical (unpaired) electrons. The van der Waals surface area contributed by atoms with Gasteiger partial charge in [0.1, 0.15) is 5.52 Å². The SMILES string of the molecule is CCC(O)CCCn1ccn2nc(C)cc2c1=O. The van der Waals surface area contributed by atoms with Gasteiger partial charge < -0.3 is 9.67 Å². The van der Waals surface area contributed by atoms with Crippen LogP contribution in [0.5, 0.6) is 0 Å². The summed E-state index contributed by atoms with van der Waals surface area (Å²) in [6.45, 7) is 4.46. The summed E-state index contributed by atoms with van der Waals surface area (Å²) in [5.74, 6) is 0. The van der Waals surface area contributed by atoms with E-state index >= 15 is 0 Å². The molecule has 0 aromatic carbocycles. The van der Waals surface area contributed by atoms with Crippen LogP contribution in [0.2, 0.25) is 0 Å². The van der Waals surface area contributed by atoms with Gasteiger partial charge in [-0.3, -0.25) is 4.79 Å². The molecule has 0 aliphatic rings. The Labute approximate surface area is 106 Å². The van der Waals surface area contributed by atoms with Crippen LogP contribution >= 0.6 is 0 Å². The molecule has 2 heterocycles. The molecule has 2 rings (SSSR count). The summed E-state index contributed by atoms with van der Waals surface area (Å²) < 4.78 is 3.29. The van der Waals surface area contributed by atoms with Crippen molar-refractivity contribution in [2.75, 3.05) is 0 Å². The van der Waals surface area contributed by atoms with Crippen molar-refractivity contribution >= 4 is 5.52 Å². The van der Waals surface area contributed by atoms with E-state index in [9.17, 15) is 9.90 Å². The van der Waals surface area contributed by atoms with Gasteiger partial charge in [0.05, 0.1) is 11.8 Å². The van der Waals surface area contributed by atoms with Gasteiger partial charge >= 0.3 is 0 Å². The Kier molecular flexibility index (Phi) is 3.81. The maximum Gasteiger partial charge on any atom is 0.276 e. The molecule has 1 atom stereocenters. The molecule has 0 fully saturated rings. The van der Waals surface area contributed by atoms with Crippen molar-refractivity contribution in [3.8, 4) is 0 Å². The number of aryl methyl sites for hydroxylation is 2. The van der Waals surface area contributed by atoms with E-state index in [1.807, 2.05) is 13.8 Å². The average molecular weight is 249 g/mol. The first-order valence-corrected chi connectivity index (χ1v) is 6.35. The number of fused-ring (bicyclic) bond motifs is 1. The second-order valence-corrected chi connectivity index (χ2v) is 4.62. The quantitative estimate of drug-likeness (QED) is 0.870. The van der Waals surface area contributed by atoms with Gasteiger partial charge in [-0.05, 0) is 32.3 Å². The molecule has 5 nitrogen and oxygen atoms in total. The zero-order valence-electron chi connectivity index (χ0n) is 10.8. The topological polar surface area (TPSA) is 59.5 Å². The van der Waals surface area contributed by atoms with Crippen LogP contribution in [0.3, 0.4) is 0 Å². The number of aliphatic hydroxyl groups excluding tert-OH is 1. The Bertz CT molecular complexity index is 585. The lowest BCUT2D eigenvalue weighted by Crippen LogP contribution is -2.22. The minimum Gasteiger partial charge on any atom is -0.393 e. The summed E-state index contributed by atoms with van der Waals surface area (Å²) in [4.78, 5) is 12.1. The smallest absolute Gasteiger partial charge is 0.276 e. The highest BCUT2D eigenvalue weighted by Gasteiger charge is 2.06. The van der Waals surface area contributed by atoms with Gasteiger partial charge in [0.15, 0.2) is 0 Å². The van der Waals surface area contributed by atoms with Crippen molar-refractivity contribution in [1.29, 1.82) is 0 Å². The molecule has 5 heteroatoms. The Balaban J connectivity index is 2.14. The molecule has 1 N–H and O–H groups in total. The van der Waals surface area contributed by atoms with E-state index in [1.54, 1.807) is 27.5 Å². The van der Waals surface area contributed by atoms with E-state index < -0.39 is 0 Å². The summed E-state index contributed by atoms with van der Waals surface area (Å²) in [5, 5.41) is 13.7. The number of aromatic nitrogens is 3. The zero-order chi connectivity index (χ0) is 13.1. The summed E-state index contributed by atoms with van der Waals surface area (Å²) in [6.07, 6.45) is 5.57. The van der Waals surface area contributed by atoms with E-state index in [1.165, 1.54) is 0 Å². The lowest BCUT2D eigenvalue weighted by Gasteiger charge is -2.09. The van der Waals surface area contributed by atoms with Crippen LogP contribution in [0.15, 0.2) is 23.3 Å². The molecular weight excluding hydrogens is 230 g/mol. The molecular formula is C13H19N3O2. The van der Waals surface area contributed by atoms with E-state index in [2.05, 4.69) is 5.10 Å². The molecule has 0 saturated heterocycles. The molecule has 98 valence electrons. The van der Waals surface area contributed by atoms with Crippen LogP contribution in [-0.2, 0) is 6.54 Å². The van der Waals surface area contributed by atoms with Crippen LogP contribution in [0.1, 0.15) is 31.9 Å². The predicted octanol–water partition coefficient (Wildman–Crippen LogP) is 1.36. The third kappa shape index (κ3) is 2.61. The second-order valence-electron chi connectivity index (χ2n) is 4.62. The third-order valence-electron chi connectivity index (χ3n) is 3.13. The van der Waals surface area contributed by atoms with E-state index in [4.69, 9.17) is 0 Å². The molecule has 0 aliphatic carbocycles. The van der Waals surface area contributed by atoms with Crippen LogP contribution in [0.25, 0.3) is 5.52 Å². The summed E-state index contributed by atoms with van der Waals surface area (Å²) in [6, 6.07) is 1.79. The van der Waals surface area contributed by atoms with Gasteiger partial charge in [0.25, 0.3) is 5.56 Å². The van der Waals surface area contributed by atoms with Crippen LogP contribution in [-0.4, -0.2) is 25.4 Å². The van der Waals surface area contributed by atoms with Crippen LogP contribution in [0, 0.1) is 6.92 Å². The highest BCUT2D eigenvalue weighted by atomic mass is 16.3. The van der Waals surface area contributed by atoms with Gasteiger partial charge in [0, 0.05) is 18.9 Å². The number of rotatable bonds is 5. The van der Waals surface area contributed by atoms with Crippen molar-refractivity contribution in [2.24, 2.45) is 0 Å². The van der Waals surface area contributed by atoms with Gasteiger partial charge in [-0.15, -0.1) is 0 Å². The minimum absolute atomic E-state index is 0.0240. The summed E-state index contributed by atoms with van der Waals surface area (Å²) in [5.41, 5.74) is 1.42. The maximum absolute atomic E-state index is 12.1. The van der Waals surface area contributed by atoms with Crippen molar-refractivity contribution < 1.29 is 5.11 Å². The third-order valence-corrected chi connectivity index (χ3v) is 3.13. The van der Waals surface area contributed by atoms with Gasteiger partial charge in [0.2, 0.25) is 0 Å². The van der Waals surface area contributed by atoms with Crippen LogP contribution in [0.4, 0.5) is 0 Å². The minimum atomic E-state index is -0.262. The predicted molar refractivity (Wildman–Crippen MR) is 69.7 cm³/mol. The van der Waals surface area contributed by atoms with E-state index in [-0.39, 0.29) is 11.7 Å². The van der Waals surface area contributed by atoms with Crippen molar-refractivity contribution in [2.45, 2.75) is 45.8 Å². The molecule has 1 unspecified atom stereocenters. The largest absolute Gasteiger partial charge is 0.393 e. The standard InChI is InChI=1S/C13H19N3O2/c1-3-11(17)5-4-6-15-7-8-16-12(13(15)18)9-10(2)14-16/h7-9,11,17H,3-6H2,1-2H3. The number of nitrogens with zero attached hydrogens (tertiary/aromatic N) is 3. The normalized spacial score (nSPS) is 13.1. The molecule has 0 spiro atoms. The molecule has 18 heavy (non-hydrogen) atoms. The fourth-order valence-electron chi connectivity index (χ4n) is 2.03. The van der Waals surface area contributed by atoms with E-state index in [0.29, 0.717) is 12.1 Å². The first kappa shape index (κ1) is 12.8. The number of aliphatic hydroxyl groups is 1. The lowest BCUT2D eigenvalue weighted by molar-refractivity contribution is 0.155. The van der Waals surface area contributed by atoms with Crippen molar-refractivity contribution in [3.63, 3.8) is 0 Å². The zero-order valence-corrected chi connectivity index (χ0v) is 10.8. The monoisotopic (exact) mass is 249 g/mol. The average Bonchev–Trinajstić information content (AvgIpc) is 2.73. The molecule has 0 aliphatic heterocycles. The first-order valence-electron chi connectivity index (χ1n) is 6.35. The molecule has 2 aromatic rings. The van der Waals surface area contributed by atoms with Crippen LogP contribution < -0.4 is 5.56 Å². The number of hydrogen-bond acceptors (Lipinski definition) is 3. The fraction of sp³-hybridized carbons (Fsp3) is 0.538. The fourth-order valence-corrected chi connectivity index (χ4v) is 2.03. The molecule has 2 aromatic heterocycles. The molecule has 0 amide bonds. The Morgan fingerprint density at radius 3 is 2.94 bits per heavy atom. The first-order chi connectivity index (χ1) is 8.61. The molecule has 0 bridgehead atoms. The molecule has 0 saturated carbocycles. The number of hydrogen-bond donors (Lipinski definition) is 1. The lowest BCUT2D eigenvalue weighted by atomic mass is 10.1. The Morgan fingerprint density at radius 2 is 2.22 bits per heavy atom. The highest BCUT2D eigenvalue weighted by molar-refractivity contribution is 5.44. The van der Waals surface area contributed by atoms with Gasteiger partial charge in [-0.25, -0.2) is 4.52 Å². The summed E-state index contributed by atoms with van der Waals surface area (Å²) in [7, 11) is 0.